The molecule has 0 spiro atoms. The highest BCUT2D eigenvalue weighted by Gasteiger charge is 2.47. The number of hydrogen-bond donors (Lipinski definition) is 1. The van der Waals surface area contributed by atoms with Crippen LogP contribution in [0, 0.1) is 11.3 Å². The van der Waals surface area contributed by atoms with Crippen LogP contribution in [-0.2, 0) is 25.2 Å². The molecule has 174 valence electrons. The number of methoxy groups -OCH3 is 2. The van der Waals surface area contributed by atoms with Crippen molar-refractivity contribution in [3.8, 4) is 0 Å². The van der Waals surface area contributed by atoms with Crippen LogP contribution < -0.4 is 4.90 Å². The number of benzene rings is 2. The van der Waals surface area contributed by atoms with Crippen molar-refractivity contribution in [1.29, 1.82) is 5.41 Å². The van der Waals surface area contributed by atoms with Crippen LogP contribution in [0.1, 0.15) is 24.0 Å². The van der Waals surface area contributed by atoms with Crippen LogP contribution in [0.15, 0.2) is 64.3 Å². The summed E-state index contributed by atoms with van der Waals surface area (Å²) in [6, 6.07) is 11.2. The maximum atomic E-state index is 13.3. The average Bonchev–Trinajstić information content (AvgIpc) is 2.78. The van der Waals surface area contributed by atoms with Crippen LogP contribution in [-0.4, -0.2) is 32.0 Å². The molecule has 1 aliphatic heterocycles. The van der Waals surface area contributed by atoms with E-state index in [1.54, 1.807) is 24.3 Å². The number of nitrogens with one attached hydrogen (secondary N) is 1. The molecular formula is C23H20BrF3N2O4. The number of allylic oxidation sites excluding steroid dienone is 1. The summed E-state index contributed by atoms with van der Waals surface area (Å²) in [5.74, 6) is -4.13. The third-order valence-corrected chi connectivity index (χ3v) is 5.95. The third-order valence-electron chi connectivity index (χ3n) is 5.43. The maximum absolute atomic E-state index is 13.3. The molecule has 0 aliphatic carbocycles. The van der Waals surface area contributed by atoms with Gasteiger partial charge in [0.05, 0.1) is 25.4 Å². The highest BCUT2D eigenvalue weighted by molar-refractivity contribution is 9.10. The van der Waals surface area contributed by atoms with E-state index in [2.05, 4.69) is 15.9 Å². The number of alkyl halides is 3. The SMILES string of the molecule is COC(=O)C1=C(C)N(c2cccc(C(F)(F)F)c2)C(=N)C(C(=O)OC)C1c1ccc(Br)cc1. The van der Waals surface area contributed by atoms with Gasteiger partial charge in [-0.2, -0.15) is 13.2 Å². The Morgan fingerprint density at radius 3 is 2.24 bits per heavy atom. The summed E-state index contributed by atoms with van der Waals surface area (Å²) in [5.41, 5.74) is -0.175. The Morgan fingerprint density at radius 2 is 1.70 bits per heavy atom. The summed E-state index contributed by atoms with van der Waals surface area (Å²) < 4.78 is 50.6. The van der Waals surface area contributed by atoms with Gasteiger partial charge in [0.1, 0.15) is 11.8 Å². The van der Waals surface area contributed by atoms with Crippen molar-refractivity contribution in [3.63, 3.8) is 0 Å². The van der Waals surface area contributed by atoms with Gasteiger partial charge >= 0.3 is 18.1 Å². The first-order chi connectivity index (χ1) is 15.5. The molecule has 0 saturated heterocycles. The van der Waals surface area contributed by atoms with E-state index in [1.165, 1.54) is 26.2 Å². The second kappa shape index (κ2) is 9.38. The van der Waals surface area contributed by atoms with E-state index in [-0.39, 0.29) is 22.8 Å². The van der Waals surface area contributed by atoms with Gasteiger partial charge in [-0.05, 0) is 42.8 Å². The minimum Gasteiger partial charge on any atom is -0.468 e. The first kappa shape index (κ1) is 24.5. The number of halogens is 4. The molecule has 33 heavy (non-hydrogen) atoms. The van der Waals surface area contributed by atoms with Gasteiger partial charge in [0.2, 0.25) is 0 Å². The van der Waals surface area contributed by atoms with E-state index in [0.29, 0.717) is 5.56 Å². The number of ether oxygens (including phenoxy) is 2. The lowest BCUT2D eigenvalue weighted by Gasteiger charge is -2.40. The summed E-state index contributed by atoms with van der Waals surface area (Å²) in [4.78, 5) is 26.9. The van der Waals surface area contributed by atoms with E-state index in [1.807, 2.05) is 0 Å². The van der Waals surface area contributed by atoms with Crippen molar-refractivity contribution in [2.75, 3.05) is 19.1 Å². The molecule has 1 heterocycles. The number of nitrogens with zero attached hydrogens (tertiary/aromatic N) is 1. The van der Waals surface area contributed by atoms with E-state index in [0.717, 1.165) is 28.6 Å². The summed E-state index contributed by atoms with van der Waals surface area (Å²) in [6.45, 7) is 1.50. The van der Waals surface area contributed by atoms with Crippen molar-refractivity contribution < 1.29 is 32.2 Å². The zero-order valence-electron chi connectivity index (χ0n) is 17.9. The first-order valence-corrected chi connectivity index (χ1v) is 10.5. The van der Waals surface area contributed by atoms with Crippen molar-refractivity contribution in [2.45, 2.75) is 19.0 Å². The zero-order valence-corrected chi connectivity index (χ0v) is 19.5. The zero-order chi connectivity index (χ0) is 24.5. The van der Waals surface area contributed by atoms with Gasteiger partial charge in [-0.1, -0.05) is 34.1 Å². The van der Waals surface area contributed by atoms with Crippen molar-refractivity contribution in [1.82, 2.24) is 0 Å². The summed E-state index contributed by atoms with van der Waals surface area (Å²) in [7, 11) is 2.31. The monoisotopic (exact) mass is 524 g/mol. The lowest BCUT2D eigenvalue weighted by molar-refractivity contribution is -0.144. The second-order valence-electron chi connectivity index (χ2n) is 7.29. The standard InChI is InChI=1S/C23H20BrF3N2O4/c1-12-17(21(30)32-2)18(13-7-9-15(24)10-8-13)19(22(31)33-3)20(28)29(12)16-6-4-5-14(11-16)23(25,26)27/h4-11,18-19,28H,1-3H3. The number of rotatable bonds is 4. The minimum absolute atomic E-state index is 0.0168. The van der Waals surface area contributed by atoms with Crippen LogP contribution in [0.2, 0.25) is 0 Å². The number of amidine groups is 1. The number of esters is 2. The molecule has 2 aromatic rings. The lowest BCUT2D eigenvalue weighted by Crippen LogP contribution is -2.48. The van der Waals surface area contributed by atoms with E-state index < -0.39 is 35.5 Å². The topological polar surface area (TPSA) is 79.7 Å². The highest BCUT2D eigenvalue weighted by Crippen LogP contribution is 2.44. The number of carbonyl (C=O) groups is 2. The molecule has 2 aromatic carbocycles. The van der Waals surface area contributed by atoms with Gasteiger partial charge < -0.3 is 14.4 Å². The Labute approximate surface area is 196 Å². The van der Waals surface area contributed by atoms with Crippen LogP contribution in [0.5, 0.6) is 0 Å². The fraction of sp³-hybridized carbons (Fsp3) is 0.261. The highest BCUT2D eigenvalue weighted by atomic mass is 79.9. The van der Waals surface area contributed by atoms with Crippen LogP contribution >= 0.6 is 15.9 Å². The number of hydrogen-bond acceptors (Lipinski definition) is 5. The predicted molar refractivity (Wildman–Crippen MR) is 119 cm³/mol. The van der Waals surface area contributed by atoms with E-state index in [4.69, 9.17) is 14.9 Å². The molecule has 0 saturated carbocycles. The van der Waals surface area contributed by atoms with Crippen LogP contribution in [0.4, 0.5) is 18.9 Å². The normalized spacial score (nSPS) is 18.9. The Hall–Kier alpha value is -3.14. The maximum Gasteiger partial charge on any atom is 0.416 e. The molecule has 0 radical (unpaired) electrons. The van der Waals surface area contributed by atoms with Gasteiger partial charge in [-0.25, -0.2) is 4.79 Å². The molecule has 10 heteroatoms. The number of carbonyl (C=O) groups excluding carboxylic acids is 2. The molecule has 1 aliphatic rings. The summed E-state index contributed by atoms with van der Waals surface area (Å²) in [5, 5.41) is 8.79. The van der Waals surface area contributed by atoms with Gasteiger partial charge in [0.25, 0.3) is 0 Å². The molecule has 2 atom stereocenters. The summed E-state index contributed by atoms with van der Waals surface area (Å²) >= 11 is 3.33. The fourth-order valence-electron chi connectivity index (χ4n) is 3.93. The second-order valence-corrected chi connectivity index (χ2v) is 8.21. The molecule has 2 unspecified atom stereocenters. The van der Waals surface area contributed by atoms with Gasteiger partial charge in [0, 0.05) is 21.8 Å². The molecule has 0 fully saturated rings. The summed E-state index contributed by atoms with van der Waals surface area (Å²) in [6.07, 6.45) is -4.61. The van der Waals surface area contributed by atoms with Gasteiger partial charge in [-0.15, -0.1) is 0 Å². The van der Waals surface area contributed by atoms with E-state index >= 15 is 0 Å². The first-order valence-electron chi connectivity index (χ1n) is 9.69. The largest absolute Gasteiger partial charge is 0.468 e. The lowest BCUT2D eigenvalue weighted by atomic mass is 9.75. The van der Waals surface area contributed by atoms with E-state index in [9.17, 15) is 22.8 Å². The van der Waals surface area contributed by atoms with Crippen molar-refractivity contribution in [3.05, 3.63) is 75.4 Å². The van der Waals surface area contributed by atoms with Crippen LogP contribution in [0.3, 0.4) is 0 Å². The Bertz CT molecular complexity index is 1130. The fourth-order valence-corrected chi connectivity index (χ4v) is 4.20. The Morgan fingerprint density at radius 1 is 1.06 bits per heavy atom. The smallest absolute Gasteiger partial charge is 0.416 e. The Kier molecular flexibility index (Phi) is 6.97. The average molecular weight is 525 g/mol. The Balaban J connectivity index is 2.30. The number of anilines is 1. The molecule has 0 bridgehead atoms. The molecule has 6 nitrogen and oxygen atoms in total. The van der Waals surface area contributed by atoms with Crippen LogP contribution in [0.25, 0.3) is 0 Å². The molecule has 1 N–H and O–H groups in total. The van der Waals surface area contributed by atoms with Crippen molar-refractivity contribution >= 4 is 39.4 Å². The van der Waals surface area contributed by atoms with Gasteiger partial charge in [-0.3, -0.25) is 10.2 Å². The molecule has 0 amide bonds. The predicted octanol–water partition coefficient (Wildman–Crippen LogP) is 5.29. The minimum atomic E-state index is -4.61. The third kappa shape index (κ3) is 4.66. The quantitative estimate of drug-likeness (QED) is 0.550. The van der Waals surface area contributed by atoms with Crippen molar-refractivity contribution in [2.24, 2.45) is 5.92 Å². The van der Waals surface area contributed by atoms with Gasteiger partial charge in [0.15, 0.2) is 0 Å². The molecule has 0 aromatic heterocycles. The molecular weight excluding hydrogens is 505 g/mol. The molecule has 3 rings (SSSR count).